The van der Waals surface area contributed by atoms with Crippen LogP contribution in [0.3, 0.4) is 0 Å². The van der Waals surface area contributed by atoms with Crippen LogP contribution in [0, 0.1) is 5.92 Å². The molecule has 0 radical (unpaired) electrons. The quantitative estimate of drug-likeness (QED) is 0.835. The minimum Gasteiger partial charge on any atom is -0.383 e. The lowest BCUT2D eigenvalue weighted by atomic mass is 10.1. The van der Waals surface area contributed by atoms with Crippen molar-refractivity contribution in [1.29, 1.82) is 0 Å². The molecule has 1 aromatic rings. The van der Waals surface area contributed by atoms with Crippen molar-refractivity contribution in [2.24, 2.45) is 5.92 Å². The Balaban J connectivity index is 1.85. The number of hydrogen-bond acceptors (Lipinski definition) is 3. The van der Waals surface area contributed by atoms with Crippen LogP contribution in [0.2, 0.25) is 0 Å². The molecule has 1 amide bonds. The molecule has 19 heavy (non-hydrogen) atoms. The Morgan fingerprint density at radius 1 is 1.32 bits per heavy atom. The van der Waals surface area contributed by atoms with Crippen LogP contribution in [0.4, 0.5) is 11.4 Å². The Labute approximate surface area is 114 Å². The van der Waals surface area contributed by atoms with Gasteiger partial charge in [0.1, 0.15) is 0 Å². The van der Waals surface area contributed by atoms with Crippen molar-refractivity contribution in [1.82, 2.24) is 4.90 Å². The first-order chi connectivity index (χ1) is 9.25. The first kappa shape index (κ1) is 12.5. The van der Waals surface area contributed by atoms with E-state index < -0.39 is 0 Å². The van der Waals surface area contributed by atoms with E-state index in [1.54, 1.807) is 0 Å². The first-order valence-electron chi connectivity index (χ1n) is 7.08. The summed E-state index contributed by atoms with van der Waals surface area (Å²) in [5.74, 6) is 0.455. The van der Waals surface area contributed by atoms with Gasteiger partial charge in [-0.15, -0.1) is 0 Å². The molecule has 1 unspecified atom stereocenters. The molecule has 0 spiro atoms. The van der Waals surface area contributed by atoms with Gasteiger partial charge in [-0.3, -0.25) is 4.79 Å². The van der Waals surface area contributed by atoms with Gasteiger partial charge in [0.05, 0.1) is 17.3 Å². The SMILES string of the molecule is CN1CCC(C(=O)N2CCCNc3ccccc32)C1. The third-order valence-electron chi connectivity index (χ3n) is 4.08. The van der Waals surface area contributed by atoms with E-state index in [4.69, 9.17) is 0 Å². The van der Waals surface area contributed by atoms with Crippen LogP contribution in [-0.4, -0.2) is 44.0 Å². The summed E-state index contributed by atoms with van der Waals surface area (Å²) in [6.07, 6.45) is 1.99. The van der Waals surface area contributed by atoms with E-state index in [1.165, 1.54) is 0 Å². The lowest BCUT2D eigenvalue weighted by molar-refractivity contribution is -0.122. The standard InChI is InChI=1S/C15H21N3O/c1-17-10-7-12(11-17)15(19)18-9-4-8-16-13-5-2-3-6-14(13)18/h2-3,5-6,12,16H,4,7-11H2,1H3. The fraction of sp³-hybridized carbons (Fsp3) is 0.533. The number of hydrogen-bond donors (Lipinski definition) is 1. The van der Waals surface area contributed by atoms with Crippen molar-refractivity contribution >= 4 is 17.3 Å². The lowest BCUT2D eigenvalue weighted by Crippen LogP contribution is -2.37. The summed E-state index contributed by atoms with van der Waals surface area (Å²) in [5, 5.41) is 3.41. The molecule has 3 rings (SSSR count). The average Bonchev–Trinajstić information content (AvgIpc) is 2.74. The Hall–Kier alpha value is -1.55. The predicted octanol–water partition coefficient (Wildman–Crippen LogP) is 1.79. The number of carbonyl (C=O) groups is 1. The van der Waals surface area contributed by atoms with Crippen LogP contribution in [0.1, 0.15) is 12.8 Å². The zero-order valence-corrected chi connectivity index (χ0v) is 11.4. The highest BCUT2D eigenvalue weighted by Gasteiger charge is 2.31. The van der Waals surface area contributed by atoms with Gasteiger partial charge < -0.3 is 15.1 Å². The van der Waals surface area contributed by atoms with Crippen LogP contribution in [0.15, 0.2) is 24.3 Å². The van der Waals surface area contributed by atoms with Crippen LogP contribution in [0.5, 0.6) is 0 Å². The molecule has 4 nitrogen and oxygen atoms in total. The Kier molecular flexibility index (Phi) is 3.42. The van der Waals surface area contributed by atoms with Crippen molar-refractivity contribution in [3.63, 3.8) is 0 Å². The second-order valence-corrected chi connectivity index (χ2v) is 5.54. The summed E-state index contributed by atoms with van der Waals surface area (Å²) in [6.45, 7) is 3.68. The molecule has 0 bridgehead atoms. The normalized spacial score (nSPS) is 23.6. The summed E-state index contributed by atoms with van der Waals surface area (Å²) in [5.41, 5.74) is 2.12. The number of nitrogens with one attached hydrogen (secondary N) is 1. The number of benzene rings is 1. The van der Waals surface area contributed by atoms with Gasteiger partial charge in [-0.25, -0.2) is 0 Å². The monoisotopic (exact) mass is 259 g/mol. The fourth-order valence-corrected chi connectivity index (χ4v) is 3.03. The Bertz CT molecular complexity index is 474. The van der Waals surface area contributed by atoms with Crippen molar-refractivity contribution in [2.75, 3.05) is 43.4 Å². The van der Waals surface area contributed by atoms with Crippen molar-refractivity contribution in [2.45, 2.75) is 12.8 Å². The van der Waals surface area contributed by atoms with Crippen LogP contribution in [0.25, 0.3) is 0 Å². The molecular formula is C15H21N3O. The van der Waals surface area contributed by atoms with E-state index in [1.807, 2.05) is 23.1 Å². The number of rotatable bonds is 1. The predicted molar refractivity (Wildman–Crippen MR) is 77.5 cm³/mol. The molecule has 1 aromatic carbocycles. The van der Waals surface area contributed by atoms with Crippen molar-refractivity contribution in [3.8, 4) is 0 Å². The third-order valence-corrected chi connectivity index (χ3v) is 4.08. The van der Waals surface area contributed by atoms with Gasteiger partial charge in [-0.05, 0) is 38.6 Å². The number of likely N-dealkylation sites (tertiary alicyclic amines) is 1. The summed E-state index contributed by atoms with van der Waals surface area (Å²) >= 11 is 0. The van der Waals surface area contributed by atoms with E-state index in [0.717, 1.165) is 50.4 Å². The number of nitrogens with zero attached hydrogens (tertiary/aromatic N) is 2. The highest BCUT2D eigenvalue weighted by Crippen LogP contribution is 2.30. The van der Waals surface area contributed by atoms with E-state index in [-0.39, 0.29) is 5.92 Å². The number of amides is 1. The largest absolute Gasteiger partial charge is 0.383 e. The zero-order valence-electron chi connectivity index (χ0n) is 11.4. The molecule has 1 atom stereocenters. The van der Waals surface area contributed by atoms with Gasteiger partial charge in [-0.1, -0.05) is 12.1 Å². The summed E-state index contributed by atoms with van der Waals surface area (Å²) in [4.78, 5) is 17.0. The molecule has 2 heterocycles. The van der Waals surface area contributed by atoms with Crippen LogP contribution in [-0.2, 0) is 4.79 Å². The Morgan fingerprint density at radius 3 is 2.95 bits per heavy atom. The van der Waals surface area contributed by atoms with Gasteiger partial charge in [0.2, 0.25) is 5.91 Å². The van der Waals surface area contributed by atoms with Crippen LogP contribution >= 0.6 is 0 Å². The highest BCUT2D eigenvalue weighted by molar-refractivity contribution is 5.98. The molecule has 4 heteroatoms. The average molecular weight is 259 g/mol. The number of carbonyl (C=O) groups excluding carboxylic acids is 1. The molecule has 1 N–H and O–H groups in total. The molecule has 0 saturated carbocycles. The van der Waals surface area contributed by atoms with Gasteiger partial charge >= 0.3 is 0 Å². The van der Waals surface area contributed by atoms with E-state index in [2.05, 4.69) is 23.3 Å². The molecule has 102 valence electrons. The van der Waals surface area contributed by atoms with Gasteiger partial charge in [-0.2, -0.15) is 0 Å². The van der Waals surface area contributed by atoms with Crippen molar-refractivity contribution < 1.29 is 4.79 Å². The first-order valence-corrected chi connectivity index (χ1v) is 7.08. The Morgan fingerprint density at radius 2 is 2.16 bits per heavy atom. The molecular weight excluding hydrogens is 238 g/mol. The van der Waals surface area contributed by atoms with E-state index in [9.17, 15) is 4.79 Å². The second kappa shape index (κ2) is 5.21. The maximum Gasteiger partial charge on any atom is 0.231 e. The fourth-order valence-electron chi connectivity index (χ4n) is 3.03. The number of para-hydroxylation sites is 2. The number of fused-ring (bicyclic) bond motifs is 1. The molecule has 2 aliphatic rings. The molecule has 0 aliphatic carbocycles. The second-order valence-electron chi connectivity index (χ2n) is 5.54. The smallest absolute Gasteiger partial charge is 0.231 e. The summed E-state index contributed by atoms with van der Waals surface area (Å²) < 4.78 is 0. The zero-order chi connectivity index (χ0) is 13.2. The van der Waals surface area contributed by atoms with E-state index >= 15 is 0 Å². The van der Waals surface area contributed by atoms with Gasteiger partial charge in [0, 0.05) is 19.6 Å². The summed E-state index contributed by atoms with van der Waals surface area (Å²) in [6, 6.07) is 8.13. The molecule has 1 fully saturated rings. The third kappa shape index (κ3) is 2.45. The minimum absolute atomic E-state index is 0.163. The summed E-state index contributed by atoms with van der Waals surface area (Å²) in [7, 11) is 2.09. The van der Waals surface area contributed by atoms with Crippen molar-refractivity contribution in [3.05, 3.63) is 24.3 Å². The number of anilines is 2. The van der Waals surface area contributed by atoms with Gasteiger partial charge in [0.25, 0.3) is 0 Å². The van der Waals surface area contributed by atoms with E-state index in [0.29, 0.717) is 5.91 Å². The lowest BCUT2D eigenvalue weighted by Gasteiger charge is -2.25. The maximum absolute atomic E-state index is 12.7. The molecule has 2 aliphatic heterocycles. The maximum atomic E-state index is 12.7. The van der Waals surface area contributed by atoms with Gasteiger partial charge in [0.15, 0.2) is 0 Å². The molecule has 0 aromatic heterocycles. The minimum atomic E-state index is 0.163. The topological polar surface area (TPSA) is 35.6 Å². The van der Waals surface area contributed by atoms with Crippen LogP contribution < -0.4 is 10.2 Å². The highest BCUT2D eigenvalue weighted by atomic mass is 16.2. The molecule has 1 saturated heterocycles.